The molecule has 0 aromatic carbocycles. The highest BCUT2D eigenvalue weighted by atomic mass is 16.5. The Morgan fingerprint density at radius 2 is 2.86 bits per heavy atom. The molecular weight excluding hydrogens is 88.1 g/mol. The van der Waals surface area contributed by atoms with Gasteiger partial charge in [-0.25, -0.2) is 0 Å². The van der Waals surface area contributed by atoms with Crippen LogP contribution in [0.3, 0.4) is 0 Å². The second-order valence-electron chi connectivity index (χ2n) is 1.75. The monoisotopic (exact) mass is 104 g/mol. The lowest BCUT2D eigenvalue weighted by atomic mass is 10.0. The van der Waals surface area contributed by atoms with Crippen molar-refractivity contribution in [3.05, 3.63) is 0 Å². The van der Waals surface area contributed by atoms with Crippen molar-refractivity contribution in [2.75, 3.05) is 13.2 Å². The van der Waals surface area contributed by atoms with E-state index in [0.29, 0.717) is 13.0 Å². The topological polar surface area (TPSA) is 9.23 Å². The summed E-state index contributed by atoms with van der Waals surface area (Å²) in [6, 6.07) is 0. The van der Waals surface area contributed by atoms with Crippen molar-refractivity contribution < 1.29 is 10.2 Å². The van der Waals surface area contributed by atoms with E-state index in [0.717, 1.165) is 0 Å². The summed E-state index contributed by atoms with van der Waals surface area (Å²) < 4.78 is 33.5. The first-order valence-corrected chi connectivity index (χ1v) is 2.50. The zero-order valence-electron chi connectivity index (χ0n) is 8.18. The maximum Gasteiger partial charge on any atom is 0.0567 e. The van der Waals surface area contributed by atoms with Gasteiger partial charge in [0.15, 0.2) is 0 Å². The lowest BCUT2D eigenvalue weighted by Gasteiger charge is -2.16. The smallest absolute Gasteiger partial charge is 0.0567 e. The van der Waals surface area contributed by atoms with Gasteiger partial charge in [0, 0.05) is 15.9 Å². The first kappa shape index (κ1) is 2.06. The van der Waals surface area contributed by atoms with E-state index in [1.807, 2.05) is 0 Å². The highest BCUT2D eigenvalue weighted by molar-refractivity contribution is 4.55. The molecule has 0 bridgehead atoms. The first-order chi connectivity index (χ1) is 5.01. The van der Waals surface area contributed by atoms with Gasteiger partial charge in [0.05, 0.1) is 2.74 Å². The summed E-state index contributed by atoms with van der Waals surface area (Å²) in [5, 5.41) is 0. The van der Waals surface area contributed by atoms with E-state index in [9.17, 15) is 0 Å². The molecule has 0 amide bonds. The predicted octanol–water partition coefficient (Wildman–Crippen LogP) is 1.43. The van der Waals surface area contributed by atoms with Gasteiger partial charge in [-0.3, -0.25) is 0 Å². The lowest BCUT2D eigenvalue weighted by Crippen LogP contribution is -2.12. The summed E-state index contributed by atoms with van der Waals surface area (Å²) in [7, 11) is 0. The zero-order chi connectivity index (χ0) is 8.48. The quantitative estimate of drug-likeness (QED) is 0.452. The predicted molar refractivity (Wildman–Crippen MR) is 29.2 cm³/mol. The number of hydrogen-bond acceptors (Lipinski definition) is 1. The molecule has 0 spiro atoms. The van der Waals surface area contributed by atoms with Gasteiger partial charge in [-0.1, -0.05) is 6.88 Å². The first-order valence-electron chi connectivity index (χ1n) is 4.65. The van der Waals surface area contributed by atoms with E-state index in [-0.39, 0.29) is 12.3 Å². The van der Waals surface area contributed by atoms with Crippen LogP contribution in [0.4, 0.5) is 0 Å². The van der Waals surface area contributed by atoms with E-state index < -0.39 is 13.4 Å². The van der Waals surface area contributed by atoms with Crippen LogP contribution in [0, 0.1) is 5.92 Å². The van der Waals surface area contributed by atoms with Crippen molar-refractivity contribution in [2.24, 2.45) is 5.92 Å². The van der Waals surface area contributed by atoms with Crippen molar-refractivity contribution in [1.29, 1.82) is 0 Å². The Morgan fingerprint density at radius 1 is 1.86 bits per heavy atom. The maximum absolute atomic E-state index is 7.23. The van der Waals surface area contributed by atoms with Crippen molar-refractivity contribution in [3.8, 4) is 0 Å². The van der Waals surface area contributed by atoms with Crippen LogP contribution in [-0.2, 0) is 4.74 Å². The standard InChI is InChI=1S/C6H12O/c1-6-2-4-7-5-3-6/h6H,2-5H2,1H3/i1D2,4D2. The van der Waals surface area contributed by atoms with Gasteiger partial charge in [-0.2, -0.15) is 0 Å². The van der Waals surface area contributed by atoms with Crippen molar-refractivity contribution in [1.82, 2.24) is 0 Å². The van der Waals surface area contributed by atoms with Gasteiger partial charge in [0.2, 0.25) is 0 Å². The van der Waals surface area contributed by atoms with Gasteiger partial charge < -0.3 is 4.74 Å². The third-order valence-corrected chi connectivity index (χ3v) is 1.04. The molecule has 1 heterocycles. The number of rotatable bonds is 0. The van der Waals surface area contributed by atoms with Crippen LogP contribution >= 0.6 is 0 Å². The summed E-state index contributed by atoms with van der Waals surface area (Å²) in [4.78, 5) is 0. The van der Waals surface area contributed by atoms with E-state index in [1.54, 1.807) is 0 Å². The molecule has 1 heteroatoms. The zero-order valence-corrected chi connectivity index (χ0v) is 4.18. The van der Waals surface area contributed by atoms with Crippen LogP contribution in [0.5, 0.6) is 0 Å². The van der Waals surface area contributed by atoms with Crippen molar-refractivity contribution in [2.45, 2.75) is 19.7 Å². The van der Waals surface area contributed by atoms with Gasteiger partial charge in [-0.05, 0) is 18.8 Å². The minimum absolute atomic E-state index is 0.168. The van der Waals surface area contributed by atoms with E-state index >= 15 is 0 Å². The third kappa shape index (κ3) is 1.48. The van der Waals surface area contributed by atoms with Crippen LogP contribution in [-0.4, -0.2) is 13.2 Å². The Hall–Kier alpha value is -0.0400. The Kier molecular flexibility index (Phi) is 0.680. The van der Waals surface area contributed by atoms with Crippen molar-refractivity contribution >= 4 is 0 Å². The summed E-state index contributed by atoms with van der Waals surface area (Å²) in [6.07, 6.45) is 0.821. The fraction of sp³-hybridized carbons (Fsp3) is 1.00. The molecule has 0 aromatic rings. The summed E-state index contributed by atoms with van der Waals surface area (Å²) in [5.74, 6) is -0.168. The molecule has 7 heavy (non-hydrogen) atoms. The van der Waals surface area contributed by atoms with Crippen LogP contribution in [0.25, 0.3) is 0 Å². The largest absolute Gasteiger partial charge is 0.381 e. The number of ether oxygens (including phenoxy) is 1. The van der Waals surface area contributed by atoms with E-state index in [4.69, 9.17) is 10.2 Å². The van der Waals surface area contributed by atoms with Crippen LogP contribution in [0.1, 0.15) is 25.2 Å². The fourth-order valence-corrected chi connectivity index (χ4v) is 0.550. The molecule has 1 aliphatic rings. The van der Waals surface area contributed by atoms with E-state index in [2.05, 4.69) is 0 Å². The molecular formula is C6H12O. The summed E-state index contributed by atoms with van der Waals surface area (Å²) in [6.45, 7) is -2.19. The lowest BCUT2D eigenvalue weighted by molar-refractivity contribution is 0.0716. The third-order valence-electron chi connectivity index (χ3n) is 1.04. The molecule has 1 aliphatic heterocycles. The second-order valence-corrected chi connectivity index (χ2v) is 1.75. The second kappa shape index (κ2) is 2.31. The molecule has 0 aromatic heterocycles. The maximum atomic E-state index is 7.23. The molecule has 1 rings (SSSR count). The molecule has 1 saturated heterocycles. The molecule has 0 aliphatic carbocycles. The SMILES string of the molecule is [2H]C([2H])C1CCOC([2H])([2H])C1. The molecule has 42 valence electrons. The normalized spacial score (nSPS) is 49.0. The summed E-state index contributed by atoms with van der Waals surface area (Å²) in [5.41, 5.74) is 0. The minimum Gasteiger partial charge on any atom is -0.381 e. The van der Waals surface area contributed by atoms with Crippen LogP contribution in [0.15, 0.2) is 0 Å². The molecule has 0 saturated carbocycles. The van der Waals surface area contributed by atoms with Gasteiger partial charge in [0.1, 0.15) is 0 Å². The molecule has 1 atom stereocenters. The van der Waals surface area contributed by atoms with E-state index in [1.165, 1.54) is 0 Å². The average molecular weight is 104 g/mol. The van der Waals surface area contributed by atoms with Gasteiger partial charge >= 0.3 is 0 Å². The Labute approximate surface area is 50.3 Å². The Morgan fingerprint density at radius 3 is 3.43 bits per heavy atom. The molecule has 1 fully saturated rings. The Bertz CT molecular complexity index is 137. The minimum atomic E-state index is -1.61. The molecule has 1 nitrogen and oxygen atoms in total. The van der Waals surface area contributed by atoms with Crippen molar-refractivity contribution in [3.63, 3.8) is 0 Å². The molecule has 0 N–H and O–H groups in total. The highest BCUT2D eigenvalue weighted by Crippen LogP contribution is 2.11. The average Bonchev–Trinajstić information content (AvgIpc) is 1.85. The van der Waals surface area contributed by atoms with Crippen LogP contribution in [0.2, 0.25) is 0 Å². The van der Waals surface area contributed by atoms with Crippen LogP contribution < -0.4 is 0 Å². The Balaban J connectivity index is 2.46. The fourth-order valence-electron chi connectivity index (χ4n) is 0.550. The molecule has 0 radical (unpaired) electrons. The highest BCUT2D eigenvalue weighted by Gasteiger charge is 2.06. The number of hydrogen-bond donors (Lipinski definition) is 0. The summed E-state index contributed by atoms with van der Waals surface area (Å²) >= 11 is 0. The van der Waals surface area contributed by atoms with Gasteiger partial charge in [-0.15, -0.1) is 0 Å². The molecule has 1 unspecified atom stereocenters. The van der Waals surface area contributed by atoms with Gasteiger partial charge in [0.25, 0.3) is 0 Å².